The normalized spacial score (nSPS) is 12.5. The van der Waals surface area contributed by atoms with Gasteiger partial charge in [-0.25, -0.2) is 24.3 Å². The van der Waals surface area contributed by atoms with Crippen LogP contribution in [-0.2, 0) is 0 Å². The van der Waals surface area contributed by atoms with E-state index in [2.05, 4.69) is 25.0 Å². The molecule has 4 N–H and O–H groups in total. The summed E-state index contributed by atoms with van der Waals surface area (Å²) in [7, 11) is 0. The molecule has 4 aromatic heterocycles. The number of rotatable bonds is 6. The number of hydrogen-bond donors (Lipinski definition) is 3. The molecule has 5 rings (SSSR count). The molecule has 5 aromatic rings. The van der Waals surface area contributed by atoms with Crippen molar-refractivity contribution in [2.45, 2.75) is 25.8 Å². The minimum absolute atomic E-state index is 0.0129. The third-order valence-electron chi connectivity index (χ3n) is 5.67. The van der Waals surface area contributed by atoms with Crippen molar-refractivity contribution in [2.24, 2.45) is 0 Å². The van der Waals surface area contributed by atoms with E-state index in [1.807, 2.05) is 24.7 Å². The second-order valence-corrected chi connectivity index (χ2v) is 8.25. The minimum Gasteiger partial charge on any atom is -0.395 e. The summed E-state index contributed by atoms with van der Waals surface area (Å²) >= 11 is 0. The zero-order chi connectivity index (χ0) is 23.8. The van der Waals surface area contributed by atoms with E-state index in [0.717, 1.165) is 5.56 Å². The van der Waals surface area contributed by atoms with Crippen LogP contribution in [0.2, 0.25) is 0 Å². The van der Waals surface area contributed by atoms with Gasteiger partial charge >= 0.3 is 0 Å². The standard InChI is InChI=1S/C24H23FN8O/c1-13(2)33-11-14(8-29-33)21-10-28-23-22(30-21)16(9-27-23)19-7-20(32-24(26)31-19)17(12-34)15-5-3-4-6-18(15)25/h3-11,13,17,34H,12H2,1-2H3,(H,27,28)(H2,26,31,32). The first-order valence-corrected chi connectivity index (χ1v) is 10.8. The zero-order valence-corrected chi connectivity index (χ0v) is 18.6. The molecular weight excluding hydrogens is 435 g/mol. The summed E-state index contributed by atoms with van der Waals surface area (Å²) in [5, 5.41) is 14.4. The molecule has 4 heterocycles. The molecule has 34 heavy (non-hydrogen) atoms. The molecule has 0 saturated carbocycles. The monoisotopic (exact) mass is 458 g/mol. The Morgan fingerprint density at radius 3 is 2.68 bits per heavy atom. The Hall–Kier alpha value is -4.18. The fourth-order valence-corrected chi connectivity index (χ4v) is 3.89. The van der Waals surface area contributed by atoms with Gasteiger partial charge in [-0.15, -0.1) is 0 Å². The van der Waals surface area contributed by atoms with Gasteiger partial charge in [0, 0.05) is 29.6 Å². The van der Waals surface area contributed by atoms with Crippen molar-refractivity contribution in [1.82, 2.24) is 34.7 Å². The molecule has 1 aromatic carbocycles. The van der Waals surface area contributed by atoms with Crippen molar-refractivity contribution in [3.05, 3.63) is 72.2 Å². The maximum atomic E-state index is 14.4. The Labute approximate surface area is 194 Å². The van der Waals surface area contributed by atoms with Gasteiger partial charge in [-0.2, -0.15) is 5.10 Å². The lowest BCUT2D eigenvalue weighted by Gasteiger charge is -2.16. The van der Waals surface area contributed by atoms with E-state index in [-0.39, 0.29) is 18.6 Å². The van der Waals surface area contributed by atoms with E-state index >= 15 is 0 Å². The molecule has 10 heteroatoms. The lowest BCUT2D eigenvalue weighted by atomic mass is 9.95. The number of halogens is 1. The SMILES string of the molecule is CC(C)n1cc(-c2cnc3[nH]cc(-c4cc(C(CO)c5ccccc5F)nc(N)n4)c3n2)cn1. The predicted octanol–water partition coefficient (Wildman–Crippen LogP) is 3.70. The van der Waals surface area contributed by atoms with E-state index in [4.69, 9.17) is 10.7 Å². The number of benzene rings is 1. The highest BCUT2D eigenvalue weighted by Crippen LogP contribution is 2.31. The Kier molecular flexibility index (Phi) is 5.50. The van der Waals surface area contributed by atoms with Gasteiger partial charge in [0.1, 0.15) is 11.3 Å². The Morgan fingerprint density at radius 2 is 1.94 bits per heavy atom. The van der Waals surface area contributed by atoms with Crippen LogP contribution in [-0.4, -0.2) is 46.4 Å². The van der Waals surface area contributed by atoms with Crippen molar-refractivity contribution < 1.29 is 9.50 Å². The van der Waals surface area contributed by atoms with Gasteiger partial charge in [0.05, 0.1) is 42.0 Å². The first-order valence-electron chi connectivity index (χ1n) is 10.8. The van der Waals surface area contributed by atoms with E-state index in [9.17, 15) is 9.50 Å². The van der Waals surface area contributed by atoms with Crippen LogP contribution in [0.5, 0.6) is 0 Å². The lowest BCUT2D eigenvalue weighted by molar-refractivity contribution is 0.276. The van der Waals surface area contributed by atoms with Crippen molar-refractivity contribution in [1.29, 1.82) is 0 Å². The van der Waals surface area contributed by atoms with Crippen LogP contribution in [0.3, 0.4) is 0 Å². The summed E-state index contributed by atoms with van der Waals surface area (Å²) < 4.78 is 16.3. The van der Waals surface area contributed by atoms with Gasteiger partial charge in [-0.05, 0) is 31.5 Å². The van der Waals surface area contributed by atoms with Crippen LogP contribution >= 0.6 is 0 Å². The van der Waals surface area contributed by atoms with Crippen LogP contribution < -0.4 is 5.73 Å². The fraction of sp³-hybridized carbons (Fsp3) is 0.208. The molecule has 0 aliphatic carbocycles. The number of nitrogens with two attached hydrogens (primary N) is 1. The maximum Gasteiger partial charge on any atom is 0.220 e. The van der Waals surface area contributed by atoms with Crippen LogP contribution in [0, 0.1) is 5.82 Å². The summed E-state index contributed by atoms with van der Waals surface area (Å²) in [6.07, 6.45) is 7.11. The van der Waals surface area contributed by atoms with Gasteiger partial charge in [0.25, 0.3) is 0 Å². The summed E-state index contributed by atoms with van der Waals surface area (Å²) in [6.45, 7) is 3.76. The van der Waals surface area contributed by atoms with Crippen LogP contribution in [0.15, 0.2) is 55.1 Å². The molecule has 0 radical (unpaired) electrons. The second-order valence-electron chi connectivity index (χ2n) is 8.25. The number of nitrogens with zero attached hydrogens (tertiary/aromatic N) is 6. The number of nitrogens with one attached hydrogen (secondary N) is 1. The zero-order valence-electron chi connectivity index (χ0n) is 18.6. The maximum absolute atomic E-state index is 14.4. The van der Waals surface area contributed by atoms with Gasteiger partial charge in [0.15, 0.2) is 5.65 Å². The Bertz CT molecular complexity index is 1480. The highest BCUT2D eigenvalue weighted by atomic mass is 19.1. The van der Waals surface area contributed by atoms with Crippen molar-refractivity contribution in [3.8, 4) is 22.5 Å². The number of aromatic amines is 1. The second kappa shape index (κ2) is 8.64. The smallest absolute Gasteiger partial charge is 0.220 e. The van der Waals surface area contributed by atoms with E-state index in [1.165, 1.54) is 6.07 Å². The number of nitrogen functional groups attached to an aromatic ring is 1. The molecule has 0 saturated heterocycles. The molecule has 0 aliphatic rings. The Balaban J connectivity index is 1.60. The summed E-state index contributed by atoms with van der Waals surface area (Å²) in [6, 6.07) is 8.20. The molecule has 1 atom stereocenters. The Morgan fingerprint density at radius 1 is 1.12 bits per heavy atom. The molecule has 172 valence electrons. The third-order valence-corrected chi connectivity index (χ3v) is 5.67. The fourth-order valence-electron chi connectivity index (χ4n) is 3.89. The van der Waals surface area contributed by atoms with Gasteiger partial charge in [0.2, 0.25) is 5.95 Å². The summed E-state index contributed by atoms with van der Waals surface area (Å²) in [4.78, 5) is 21.0. The summed E-state index contributed by atoms with van der Waals surface area (Å²) in [5.74, 6) is -1.11. The average molecular weight is 459 g/mol. The topological polar surface area (TPSA) is 131 Å². The molecule has 9 nitrogen and oxygen atoms in total. The number of hydrogen-bond acceptors (Lipinski definition) is 7. The van der Waals surface area contributed by atoms with E-state index < -0.39 is 11.7 Å². The molecule has 0 spiro atoms. The van der Waals surface area contributed by atoms with Crippen LogP contribution in [0.25, 0.3) is 33.7 Å². The number of aliphatic hydroxyl groups excluding tert-OH is 1. The summed E-state index contributed by atoms with van der Waals surface area (Å²) in [5.41, 5.74) is 10.6. The van der Waals surface area contributed by atoms with Gasteiger partial charge < -0.3 is 15.8 Å². The highest BCUT2D eigenvalue weighted by Gasteiger charge is 2.21. The number of anilines is 1. The number of fused-ring (bicyclic) bond motifs is 1. The first-order chi connectivity index (χ1) is 16.4. The number of aliphatic hydroxyl groups is 1. The van der Waals surface area contributed by atoms with Crippen LogP contribution in [0.4, 0.5) is 10.3 Å². The first kappa shape index (κ1) is 21.7. The van der Waals surface area contributed by atoms with Gasteiger partial charge in [-0.1, -0.05) is 18.2 Å². The van der Waals surface area contributed by atoms with Crippen molar-refractivity contribution in [3.63, 3.8) is 0 Å². The minimum atomic E-state index is -0.695. The van der Waals surface area contributed by atoms with Gasteiger partial charge in [-0.3, -0.25) is 4.68 Å². The molecule has 0 fully saturated rings. The predicted molar refractivity (Wildman–Crippen MR) is 126 cm³/mol. The van der Waals surface area contributed by atoms with Crippen LogP contribution in [0.1, 0.15) is 37.1 Å². The van der Waals surface area contributed by atoms with E-state index in [1.54, 1.807) is 42.9 Å². The number of H-pyrrole nitrogens is 1. The lowest BCUT2D eigenvalue weighted by Crippen LogP contribution is -2.12. The van der Waals surface area contributed by atoms with Crippen molar-refractivity contribution >= 4 is 17.1 Å². The third kappa shape index (κ3) is 3.88. The molecule has 0 bridgehead atoms. The number of aromatic nitrogens is 7. The largest absolute Gasteiger partial charge is 0.395 e. The van der Waals surface area contributed by atoms with E-state index in [0.29, 0.717) is 39.4 Å². The quantitative estimate of drug-likeness (QED) is 0.353. The molecule has 0 amide bonds. The van der Waals surface area contributed by atoms with Crippen molar-refractivity contribution in [2.75, 3.05) is 12.3 Å². The molecule has 1 unspecified atom stereocenters. The average Bonchev–Trinajstić information content (AvgIpc) is 3.48. The molecule has 0 aliphatic heterocycles. The molecular formula is C24H23FN8O. The highest BCUT2D eigenvalue weighted by molar-refractivity contribution is 5.90.